The summed E-state index contributed by atoms with van der Waals surface area (Å²) in [5, 5.41) is 5.67. The largest absolute Gasteiger partial charge is 0.337 e. The number of amides is 1. The number of aromatic nitrogens is 5. The number of thiophene rings is 1. The highest BCUT2D eigenvalue weighted by atomic mass is 32.1. The number of anilines is 1. The Kier molecular flexibility index (Phi) is 6.22. The third-order valence-corrected chi connectivity index (χ3v) is 4.44. The Morgan fingerprint density at radius 2 is 2.07 bits per heavy atom. The lowest BCUT2D eigenvalue weighted by Gasteiger charge is -2.08. The van der Waals surface area contributed by atoms with Crippen LogP contribution in [-0.2, 0) is 11.3 Å². The molecule has 4 rings (SSSR count). The van der Waals surface area contributed by atoms with Crippen LogP contribution in [0.5, 0.6) is 0 Å². The summed E-state index contributed by atoms with van der Waals surface area (Å²) in [6.07, 6.45) is 7.24. The lowest BCUT2D eigenvalue weighted by molar-refractivity contribution is -0.116. The summed E-state index contributed by atoms with van der Waals surface area (Å²) in [5.41, 5.74) is 0.673. The number of fused-ring (bicyclic) bond motifs is 1. The fraction of sp³-hybridized carbons (Fsp3) is 0.211. The Bertz CT molecular complexity index is 998. The molecule has 0 radical (unpaired) electrons. The molecular formula is C19H20N6OS. The molecule has 4 aromatic rings. The average Bonchev–Trinajstić information content (AvgIpc) is 3.40. The smallest absolute Gasteiger partial charge is 0.227 e. The van der Waals surface area contributed by atoms with Gasteiger partial charge in [-0.3, -0.25) is 9.78 Å². The molecule has 27 heavy (non-hydrogen) atoms. The van der Waals surface area contributed by atoms with Gasteiger partial charge in [0, 0.05) is 31.6 Å². The molecule has 0 aromatic carbocycles. The summed E-state index contributed by atoms with van der Waals surface area (Å²) in [7, 11) is 0. The number of carbonyl (C=O) groups is 1. The molecule has 0 saturated carbocycles. The number of aryl methyl sites for hydroxylation is 1. The summed E-state index contributed by atoms with van der Waals surface area (Å²) in [4.78, 5) is 30.4. The van der Waals surface area contributed by atoms with Crippen LogP contribution in [0.1, 0.15) is 20.3 Å². The summed E-state index contributed by atoms with van der Waals surface area (Å²) < 4.78 is 1.86. The van der Waals surface area contributed by atoms with Crippen LogP contribution >= 0.6 is 11.3 Å². The number of carbonyl (C=O) groups excluding carboxylic acids is 1. The maximum Gasteiger partial charge on any atom is 0.227 e. The normalized spacial score (nSPS) is 10.3. The van der Waals surface area contributed by atoms with Gasteiger partial charge in [-0.05, 0) is 23.6 Å². The van der Waals surface area contributed by atoms with Gasteiger partial charge in [-0.25, -0.2) is 15.0 Å². The SMILES string of the molecule is CC.O=C(CCn1ccnc1)Nc1nc(-c2ccccn2)nc2sccc12. The van der Waals surface area contributed by atoms with Gasteiger partial charge in [-0.15, -0.1) is 11.3 Å². The van der Waals surface area contributed by atoms with E-state index in [0.717, 1.165) is 10.2 Å². The lowest BCUT2D eigenvalue weighted by Crippen LogP contribution is -2.15. The molecule has 1 N–H and O–H groups in total. The zero-order chi connectivity index (χ0) is 19.1. The van der Waals surface area contributed by atoms with Gasteiger partial charge >= 0.3 is 0 Å². The third-order valence-electron chi connectivity index (χ3n) is 3.63. The van der Waals surface area contributed by atoms with Crippen LogP contribution in [0.2, 0.25) is 0 Å². The molecular weight excluding hydrogens is 360 g/mol. The molecule has 0 atom stereocenters. The zero-order valence-corrected chi connectivity index (χ0v) is 16.0. The molecule has 4 heterocycles. The Morgan fingerprint density at radius 1 is 1.19 bits per heavy atom. The number of rotatable bonds is 5. The summed E-state index contributed by atoms with van der Waals surface area (Å²) in [5.74, 6) is 0.912. The molecule has 4 aromatic heterocycles. The highest BCUT2D eigenvalue weighted by molar-refractivity contribution is 7.16. The van der Waals surface area contributed by atoms with Crippen LogP contribution in [0.4, 0.5) is 5.82 Å². The second kappa shape index (κ2) is 9.00. The number of nitrogens with zero attached hydrogens (tertiary/aromatic N) is 5. The van der Waals surface area contributed by atoms with Gasteiger partial charge in [-0.2, -0.15) is 0 Å². The second-order valence-corrected chi connectivity index (χ2v) is 6.24. The van der Waals surface area contributed by atoms with Gasteiger partial charge < -0.3 is 9.88 Å². The minimum absolute atomic E-state index is 0.105. The first-order valence-electron chi connectivity index (χ1n) is 8.72. The van der Waals surface area contributed by atoms with E-state index in [-0.39, 0.29) is 5.91 Å². The van der Waals surface area contributed by atoms with Crippen molar-refractivity contribution in [2.75, 3.05) is 5.32 Å². The van der Waals surface area contributed by atoms with Crippen LogP contribution in [0.25, 0.3) is 21.7 Å². The van der Waals surface area contributed by atoms with Crippen molar-refractivity contribution in [1.29, 1.82) is 0 Å². The predicted molar refractivity (Wildman–Crippen MR) is 107 cm³/mol. The average molecular weight is 380 g/mol. The van der Waals surface area contributed by atoms with E-state index in [4.69, 9.17) is 0 Å². The van der Waals surface area contributed by atoms with Gasteiger partial charge in [0.1, 0.15) is 16.3 Å². The van der Waals surface area contributed by atoms with E-state index in [1.165, 1.54) is 11.3 Å². The van der Waals surface area contributed by atoms with Crippen molar-refractivity contribution < 1.29 is 4.79 Å². The Morgan fingerprint density at radius 3 is 2.81 bits per heavy atom. The van der Waals surface area contributed by atoms with E-state index in [9.17, 15) is 4.79 Å². The molecule has 0 fully saturated rings. The minimum Gasteiger partial charge on any atom is -0.337 e. The third kappa shape index (κ3) is 4.53. The summed E-state index contributed by atoms with van der Waals surface area (Å²) in [6.45, 7) is 4.57. The molecule has 138 valence electrons. The number of hydrogen-bond acceptors (Lipinski definition) is 6. The molecule has 0 aliphatic carbocycles. The monoisotopic (exact) mass is 380 g/mol. The van der Waals surface area contributed by atoms with Crippen LogP contribution in [0.3, 0.4) is 0 Å². The Labute approximate surface area is 161 Å². The van der Waals surface area contributed by atoms with Gasteiger partial charge in [0.25, 0.3) is 0 Å². The fourth-order valence-electron chi connectivity index (χ4n) is 2.40. The molecule has 0 aliphatic rings. The van der Waals surface area contributed by atoms with Crippen molar-refractivity contribution in [3.05, 3.63) is 54.6 Å². The van der Waals surface area contributed by atoms with Crippen LogP contribution < -0.4 is 5.32 Å². The van der Waals surface area contributed by atoms with Crippen molar-refractivity contribution in [3.8, 4) is 11.5 Å². The van der Waals surface area contributed by atoms with Crippen LogP contribution in [0, 0.1) is 0 Å². The molecule has 8 heteroatoms. The molecule has 0 spiro atoms. The standard InChI is InChI=1S/C17H14N6OS.C2H6/c24-14(4-8-23-9-7-18-11-23)20-15-12-5-10-25-17(12)22-16(21-15)13-3-1-2-6-19-13;1-2/h1-3,5-7,9-11H,4,8H2,(H,20,21,22,24);1-2H3. The van der Waals surface area contributed by atoms with Gasteiger partial charge in [0.2, 0.25) is 5.91 Å². The van der Waals surface area contributed by atoms with Gasteiger partial charge in [-0.1, -0.05) is 19.9 Å². The Hall–Kier alpha value is -3.13. The molecule has 1 amide bonds. The first kappa shape index (κ1) is 18.7. The van der Waals surface area contributed by atoms with E-state index in [1.807, 2.05) is 54.3 Å². The van der Waals surface area contributed by atoms with E-state index in [2.05, 4.69) is 25.3 Å². The van der Waals surface area contributed by atoms with Gasteiger partial charge in [0.05, 0.1) is 11.7 Å². The second-order valence-electron chi connectivity index (χ2n) is 5.35. The topological polar surface area (TPSA) is 85.6 Å². The van der Waals surface area contributed by atoms with Crippen molar-refractivity contribution in [2.24, 2.45) is 0 Å². The first-order chi connectivity index (χ1) is 13.3. The van der Waals surface area contributed by atoms with E-state index in [1.54, 1.807) is 18.7 Å². The maximum atomic E-state index is 12.3. The Balaban J connectivity index is 0.00000102. The summed E-state index contributed by atoms with van der Waals surface area (Å²) >= 11 is 1.51. The van der Waals surface area contributed by atoms with Gasteiger partial charge in [0.15, 0.2) is 5.82 Å². The highest BCUT2D eigenvalue weighted by Crippen LogP contribution is 2.27. The van der Waals surface area contributed by atoms with Crippen molar-refractivity contribution >= 4 is 33.3 Å². The number of imidazole rings is 1. The fourth-order valence-corrected chi connectivity index (χ4v) is 3.17. The lowest BCUT2D eigenvalue weighted by atomic mass is 10.3. The molecule has 0 saturated heterocycles. The van der Waals surface area contributed by atoms with E-state index < -0.39 is 0 Å². The molecule has 0 aliphatic heterocycles. The first-order valence-corrected chi connectivity index (χ1v) is 9.60. The van der Waals surface area contributed by atoms with Crippen LogP contribution in [-0.4, -0.2) is 30.4 Å². The zero-order valence-electron chi connectivity index (χ0n) is 15.2. The minimum atomic E-state index is -0.105. The molecule has 0 unspecified atom stereocenters. The summed E-state index contributed by atoms with van der Waals surface area (Å²) in [6, 6.07) is 7.48. The van der Waals surface area contributed by atoms with E-state index in [0.29, 0.717) is 30.3 Å². The van der Waals surface area contributed by atoms with Crippen molar-refractivity contribution in [1.82, 2.24) is 24.5 Å². The number of pyridine rings is 1. The van der Waals surface area contributed by atoms with Crippen molar-refractivity contribution in [2.45, 2.75) is 26.8 Å². The predicted octanol–water partition coefficient (Wildman–Crippen LogP) is 4.00. The maximum absolute atomic E-state index is 12.3. The number of nitrogens with one attached hydrogen (secondary N) is 1. The van der Waals surface area contributed by atoms with Crippen LogP contribution in [0.15, 0.2) is 54.6 Å². The highest BCUT2D eigenvalue weighted by Gasteiger charge is 2.13. The quantitative estimate of drug-likeness (QED) is 0.565. The number of hydrogen-bond donors (Lipinski definition) is 1. The molecule has 0 bridgehead atoms. The molecule has 7 nitrogen and oxygen atoms in total. The van der Waals surface area contributed by atoms with E-state index >= 15 is 0 Å². The van der Waals surface area contributed by atoms with Crippen molar-refractivity contribution in [3.63, 3.8) is 0 Å².